The van der Waals surface area contributed by atoms with Crippen molar-refractivity contribution in [1.82, 2.24) is 10.2 Å². The molecule has 1 heterocycles. The Morgan fingerprint density at radius 1 is 1.33 bits per heavy atom. The second-order valence-electron chi connectivity index (χ2n) is 3.68. The molecule has 0 fully saturated rings. The van der Waals surface area contributed by atoms with E-state index in [1.807, 2.05) is 13.8 Å². The third-order valence-corrected chi connectivity index (χ3v) is 2.74. The maximum absolute atomic E-state index is 11.7. The molecule has 0 aliphatic heterocycles. The molecule has 1 rings (SSSR count). The van der Waals surface area contributed by atoms with E-state index in [1.165, 1.54) is 12.1 Å². The highest BCUT2D eigenvalue weighted by Crippen LogP contribution is 2.12. The Balaban J connectivity index is 2.34. The summed E-state index contributed by atoms with van der Waals surface area (Å²) in [6.07, 6.45) is 0.280. The summed E-state index contributed by atoms with van der Waals surface area (Å²) >= 11 is 5.56. The average Bonchev–Trinajstić information content (AvgIpc) is 2.77. The lowest BCUT2D eigenvalue weighted by molar-refractivity contribution is -0.130. The molecule has 0 aromatic carbocycles. The van der Waals surface area contributed by atoms with E-state index in [2.05, 4.69) is 5.32 Å². The van der Waals surface area contributed by atoms with E-state index in [0.717, 1.165) is 0 Å². The van der Waals surface area contributed by atoms with Crippen LogP contribution in [0.2, 0.25) is 5.22 Å². The lowest BCUT2D eigenvalue weighted by atomic mass is 10.3. The van der Waals surface area contributed by atoms with E-state index in [9.17, 15) is 9.59 Å². The average molecular weight is 273 g/mol. The first-order valence-electron chi connectivity index (χ1n) is 5.89. The van der Waals surface area contributed by atoms with Gasteiger partial charge in [-0.3, -0.25) is 9.59 Å². The van der Waals surface area contributed by atoms with Gasteiger partial charge in [-0.15, -0.1) is 0 Å². The van der Waals surface area contributed by atoms with Crippen LogP contribution in [0.25, 0.3) is 0 Å². The molecular formula is C12H17ClN2O3. The van der Waals surface area contributed by atoms with Gasteiger partial charge in [-0.2, -0.15) is 0 Å². The van der Waals surface area contributed by atoms with Gasteiger partial charge in [0.1, 0.15) is 0 Å². The van der Waals surface area contributed by atoms with Crippen LogP contribution in [0.1, 0.15) is 30.8 Å². The molecule has 0 saturated carbocycles. The van der Waals surface area contributed by atoms with E-state index < -0.39 is 0 Å². The van der Waals surface area contributed by atoms with Crippen LogP contribution in [-0.4, -0.2) is 36.3 Å². The Kier molecular flexibility index (Phi) is 5.71. The Bertz CT molecular complexity index is 413. The van der Waals surface area contributed by atoms with E-state index in [-0.39, 0.29) is 35.8 Å². The van der Waals surface area contributed by atoms with Crippen LogP contribution >= 0.6 is 11.6 Å². The van der Waals surface area contributed by atoms with Gasteiger partial charge in [-0.1, -0.05) is 0 Å². The summed E-state index contributed by atoms with van der Waals surface area (Å²) in [5, 5.41) is 2.77. The summed E-state index contributed by atoms with van der Waals surface area (Å²) in [4.78, 5) is 24.9. The summed E-state index contributed by atoms with van der Waals surface area (Å²) in [6.45, 7) is 5.48. The number of nitrogens with one attached hydrogen (secondary N) is 1. The van der Waals surface area contributed by atoms with Gasteiger partial charge < -0.3 is 14.6 Å². The smallest absolute Gasteiger partial charge is 0.287 e. The topological polar surface area (TPSA) is 62.6 Å². The van der Waals surface area contributed by atoms with Crippen LogP contribution in [-0.2, 0) is 4.79 Å². The Labute approximate surface area is 111 Å². The number of nitrogens with zero attached hydrogens (tertiary/aromatic N) is 1. The van der Waals surface area contributed by atoms with Crippen molar-refractivity contribution in [2.24, 2.45) is 0 Å². The van der Waals surface area contributed by atoms with Crippen LogP contribution in [0.4, 0.5) is 0 Å². The van der Waals surface area contributed by atoms with Gasteiger partial charge in [-0.25, -0.2) is 0 Å². The number of furan rings is 1. The quantitative estimate of drug-likeness (QED) is 0.861. The highest BCUT2D eigenvalue weighted by atomic mass is 35.5. The van der Waals surface area contributed by atoms with Crippen LogP contribution < -0.4 is 5.32 Å². The molecule has 100 valence electrons. The van der Waals surface area contributed by atoms with Crippen LogP contribution in [0.3, 0.4) is 0 Å². The van der Waals surface area contributed by atoms with Crippen molar-refractivity contribution in [3.05, 3.63) is 23.1 Å². The summed E-state index contributed by atoms with van der Waals surface area (Å²) < 4.78 is 4.95. The fraction of sp³-hybridized carbons (Fsp3) is 0.500. The molecule has 0 bridgehead atoms. The Morgan fingerprint density at radius 2 is 2.00 bits per heavy atom. The van der Waals surface area contributed by atoms with Gasteiger partial charge in [-0.05, 0) is 37.6 Å². The first-order valence-corrected chi connectivity index (χ1v) is 6.27. The molecule has 6 heteroatoms. The van der Waals surface area contributed by atoms with Crippen molar-refractivity contribution in [3.63, 3.8) is 0 Å². The molecule has 2 amide bonds. The largest absolute Gasteiger partial charge is 0.440 e. The summed E-state index contributed by atoms with van der Waals surface area (Å²) in [6, 6.07) is 2.99. The van der Waals surface area contributed by atoms with Gasteiger partial charge in [0.2, 0.25) is 5.91 Å². The predicted molar refractivity (Wildman–Crippen MR) is 68.6 cm³/mol. The predicted octanol–water partition coefficient (Wildman–Crippen LogP) is 1.92. The molecule has 0 atom stereocenters. The van der Waals surface area contributed by atoms with Gasteiger partial charge in [0.05, 0.1) is 0 Å². The molecular weight excluding hydrogens is 256 g/mol. The number of amides is 2. The van der Waals surface area contributed by atoms with E-state index >= 15 is 0 Å². The normalized spacial score (nSPS) is 10.2. The van der Waals surface area contributed by atoms with Gasteiger partial charge >= 0.3 is 0 Å². The lowest BCUT2D eigenvalue weighted by Crippen LogP contribution is -2.34. The Hall–Kier alpha value is -1.49. The molecule has 0 spiro atoms. The number of hydrogen-bond donors (Lipinski definition) is 1. The van der Waals surface area contributed by atoms with Crippen LogP contribution in [0.15, 0.2) is 16.5 Å². The van der Waals surface area contributed by atoms with E-state index in [1.54, 1.807) is 4.90 Å². The van der Waals surface area contributed by atoms with Gasteiger partial charge in [0.15, 0.2) is 11.0 Å². The third-order valence-electron chi connectivity index (χ3n) is 2.54. The molecule has 1 N–H and O–H groups in total. The molecule has 0 aliphatic rings. The van der Waals surface area contributed by atoms with Crippen molar-refractivity contribution in [2.45, 2.75) is 20.3 Å². The molecule has 1 aromatic rings. The second kappa shape index (κ2) is 7.06. The Morgan fingerprint density at radius 3 is 2.50 bits per heavy atom. The summed E-state index contributed by atoms with van der Waals surface area (Å²) in [7, 11) is 0. The zero-order valence-electron chi connectivity index (χ0n) is 10.5. The maximum Gasteiger partial charge on any atom is 0.287 e. The van der Waals surface area contributed by atoms with Gasteiger partial charge in [0, 0.05) is 26.1 Å². The van der Waals surface area contributed by atoms with Crippen LogP contribution in [0.5, 0.6) is 0 Å². The molecule has 0 saturated heterocycles. The molecule has 0 radical (unpaired) electrons. The highest BCUT2D eigenvalue weighted by molar-refractivity contribution is 6.29. The maximum atomic E-state index is 11.7. The van der Waals surface area contributed by atoms with Crippen molar-refractivity contribution in [1.29, 1.82) is 0 Å². The summed E-state index contributed by atoms with van der Waals surface area (Å²) in [5.74, 6) is -0.192. The molecule has 5 nitrogen and oxygen atoms in total. The molecule has 18 heavy (non-hydrogen) atoms. The third kappa shape index (κ3) is 4.07. The van der Waals surface area contributed by atoms with E-state index in [4.69, 9.17) is 16.0 Å². The molecule has 0 aliphatic carbocycles. The number of carbonyl (C=O) groups excluding carboxylic acids is 2. The number of halogens is 1. The van der Waals surface area contributed by atoms with Crippen molar-refractivity contribution in [2.75, 3.05) is 19.6 Å². The minimum absolute atomic E-state index is 0.0257. The van der Waals surface area contributed by atoms with Crippen molar-refractivity contribution < 1.29 is 14.0 Å². The minimum atomic E-state index is -0.366. The van der Waals surface area contributed by atoms with Crippen molar-refractivity contribution in [3.8, 4) is 0 Å². The van der Waals surface area contributed by atoms with E-state index in [0.29, 0.717) is 13.1 Å². The summed E-state index contributed by atoms with van der Waals surface area (Å²) in [5.41, 5.74) is 0. The first kappa shape index (κ1) is 14.6. The molecule has 1 aromatic heterocycles. The SMILES string of the molecule is CCN(CC)C(=O)CCNC(=O)c1ccc(Cl)o1. The van der Waals surface area contributed by atoms with Crippen LogP contribution in [0, 0.1) is 0 Å². The highest BCUT2D eigenvalue weighted by Gasteiger charge is 2.12. The number of carbonyl (C=O) groups is 2. The fourth-order valence-corrected chi connectivity index (χ4v) is 1.69. The fourth-order valence-electron chi connectivity index (χ4n) is 1.54. The number of hydrogen-bond acceptors (Lipinski definition) is 3. The number of rotatable bonds is 6. The van der Waals surface area contributed by atoms with Crippen molar-refractivity contribution >= 4 is 23.4 Å². The second-order valence-corrected chi connectivity index (χ2v) is 4.05. The first-order chi connectivity index (χ1) is 8.58. The standard InChI is InChI=1S/C12H17ClN2O3/c1-3-15(4-2)11(16)7-8-14-12(17)9-5-6-10(13)18-9/h5-6H,3-4,7-8H2,1-2H3,(H,14,17). The van der Waals surface area contributed by atoms with Gasteiger partial charge in [0.25, 0.3) is 5.91 Å². The zero-order valence-corrected chi connectivity index (χ0v) is 11.3. The monoisotopic (exact) mass is 272 g/mol. The zero-order chi connectivity index (χ0) is 13.5. The minimum Gasteiger partial charge on any atom is -0.440 e. The molecule has 0 unspecified atom stereocenters. The lowest BCUT2D eigenvalue weighted by Gasteiger charge is -2.18.